The number of nitrogens with two attached hydrogens (primary N) is 1. The number of amides is 1. The number of anilines is 1. The minimum Gasteiger partial charge on any atom is -0.339 e. The second-order valence-corrected chi connectivity index (χ2v) is 9.18. The van der Waals surface area contributed by atoms with Crippen molar-refractivity contribution in [1.29, 1.82) is 0 Å². The summed E-state index contributed by atoms with van der Waals surface area (Å²) in [5.41, 5.74) is 8.26. The van der Waals surface area contributed by atoms with E-state index in [2.05, 4.69) is 0 Å². The van der Waals surface area contributed by atoms with E-state index in [0.717, 1.165) is 44.3 Å². The maximum Gasteiger partial charge on any atom is 0.253 e. The number of nitrogens with zero attached hydrogens (tertiary/aromatic N) is 2. The maximum atomic E-state index is 12.8. The van der Waals surface area contributed by atoms with Crippen molar-refractivity contribution in [1.82, 2.24) is 4.90 Å². The molecule has 1 aromatic rings. The summed E-state index contributed by atoms with van der Waals surface area (Å²) in [4.78, 5) is 14.7. The lowest BCUT2D eigenvalue weighted by molar-refractivity contribution is 0.0681. The molecule has 0 aromatic heterocycles. The lowest BCUT2D eigenvalue weighted by Crippen LogP contribution is -2.42. The van der Waals surface area contributed by atoms with E-state index in [1.807, 2.05) is 17.9 Å². The summed E-state index contributed by atoms with van der Waals surface area (Å²) in [6.45, 7) is 4.00. The number of likely N-dealkylation sites (tertiary alicyclic amines) is 1. The van der Waals surface area contributed by atoms with Gasteiger partial charge in [-0.25, -0.2) is 8.42 Å². The number of hydrogen-bond donors (Lipinski definition) is 1. The number of piperidine rings is 1. The highest BCUT2D eigenvalue weighted by Gasteiger charge is 2.28. The molecule has 0 bridgehead atoms. The van der Waals surface area contributed by atoms with Crippen LogP contribution in [0.4, 0.5) is 5.69 Å². The van der Waals surface area contributed by atoms with E-state index in [1.54, 1.807) is 12.1 Å². The molecule has 1 unspecified atom stereocenters. The van der Waals surface area contributed by atoms with Gasteiger partial charge in [0.25, 0.3) is 5.91 Å². The number of sulfonamides is 1. The topological polar surface area (TPSA) is 83.7 Å². The molecular weight excluding hydrogens is 338 g/mol. The first-order valence-electron chi connectivity index (χ1n) is 8.93. The fourth-order valence-corrected chi connectivity index (χ4v) is 4.85. The summed E-state index contributed by atoms with van der Waals surface area (Å²) in [5.74, 6) is 0.512. The Bertz CT molecular complexity index is 753. The number of aryl methyl sites for hydroxylation is 1. The van der Waals surface area contributed by atoms with Crippen LogP contribution in [0.15, 0.2) is 18.2 Å². The largest absolute Gasteiger partial charge is 0.339 e. The van der Waals surface area contributed by atoms with Gasteiger partial charge in [0.05, 0.1) is 11.9 Å². The molecular formula is C18H27N3O3S. The van der Waals surface area contributed by atoms with Gasteiger partial charge in [-0.05, 0) is 62.3 Å². The van der Waals surface area contributed by atoms with Gasteiger partial charge in [-0.15, -0.1) is 0 Å². The van der Waals surface area contributed by atoms with Crippen LogP contribution in [-0.2, 0) is 16.4 Å². The number of hydrogen-bond acceptors (Lipinski definition) is 4. The molecule has 2 heterocycles. The van der Waals surface area contributed by atoms with Gasteiger partial charge in [-0.3, -0.25) is 9.10 Å². The van der Waals surface area contributed by atoms with Crippen LogP contribution in [0.3, 0.4) is 0 Å². The monoisotopic (exact) mass is 365 g/mol. The second-order valence-electron chi connectivity index (χ2n) is 7.27. The third kappa shape index (κ3) is 3.82. The molecule has 1 saturated heterocycles. The van der Waals surface area contributed by atoms with Crippen LogP contribution in [0, 0.1) is 5.92 Å². The predicted molar refractivity (Wildman–Crippen MR) is 99.2 cm³/mol. The van der Waals surface area contributed by atoms with Crippen LogP contribution in [0.2, 0.25) is 0 Å². The van der Waals surface area contributed by atoms with Crippen LogP contribution in [0.1, 0.15) is 42.1 Å². The Morgan fingerprint density at radius 2 is 1.92 bits per heavy atom. The molecule has 6 nitrogen and oxygen atoms in total. The SMILES string of the molecule is CC(N)C1CCN(C(=O)c2ccc3c(c2)CCCN3S(C)(=O)=O)CC1. The Labute approximate surface area is 150 Å². The zero-order chi connectivity index (χ0) is 18.2. The number of carbonyl (C=O) groups is 1. The number of carbonyl (C=O) groups excluding carboxylic acids is 1. The summed E-state index contributed by atoms with van der Waals surface area (Å²) in [6.07, 6.45) is 4.68. The summed E-state index contributed by atoms with van der Waals surface area (Å²) in [6, 6.07) is 5.56. The van der Waals surface area contributed by atoms with Gasteiger partial charge in [0.2, 0.25) is 10.0 Å². The Morgan fingerprint density at radius 3 is 2.52 bits per heavy atom. The second kappa shape index (κ2) is 6.96. The van der Waals surface area contributed by atoms with Crippen LogP contribution >= 0.6 is 0 Å². The van der Waals surface area contributed by atoms with Crippen molar-refractivity contribution in [3.05, 3.63) is 29.3 Å². The minimum atomic E-state index is -3.28. The fraction of sp³-hybridized carbons (Fsp3) is 0.611. The van der Waals surface area contributed by atoms with E-state index >= 15 is 0 Å². The average Bonchev–Trinajstić information content (AvgIpc) is 2.59. The standard InChI is InChI=1S/C18H27N3O3S/c1-13(19)14-7-10-20(11-8-14)18(22)16-5-6-17-15(12-16)4-3-9-21(17)25(2,23)24/h5-6,12-14H,3-4,7-11,19H2,1-2H3. The highest BCUT2D eigenvalue weighted by molar-refractivity contribution is 7.92. The van der Waals surface area contributed by atoms with Gasteiger partial charge >= 0.3 is 0 Å². The molecule has 1 fully saturated rings. The molecule has 2 N–H and O–H groups in total. The molecule has 0 spiro atoms. The van der Waals surface area contributed by atoms with E-state index in [0.29, 0.717) is 23.7 Å². The van der Waals surface area contributed by atoms with Crippen LogP contribution in [0.5, 0.6) is 0 Å². The van der Waals surface area contributed by atoms with Crippen molar-refractivity contribution in [2.75, 3.05) is 30.2 Å². The Morgan fingerprint density at radius 1 is 1.24 bits per heavy atom. The van der Waals surface area contributed by atoms with E-state index < -0.39 is 10.0 Å². The fourth-order valence-electron chi connectivity index (χ4n) is 3.85. The Hall–Kier alpha value is -1.60. The molecule has 25 heavy (non-hydrogen) atoms. The summed E-state index contributed by atoms with van der Waals surface area (Å²) >= 11 is 0. The lowest BCUT2D eigenvalue weighted by Gasteiger charge is -2.34. The van der Waals surface area contributed by atoms with Crippen molar-refractivity contribution in [3.63, 3.8) is 0 Å². The molecule has 1 amide bonds. The van der Waals surface area contributed by atoms with E-state index in [4.69, 9.17) is 5.73 Å². The molecule has 138 valence electrons. The molecule has 2 aliphatic heterocycles. The van der Waals surface area contributed by atoms with Gasteiger partial charge in [0.1, 0.15) is 0 Å². The van der Waals surface area contributed by atoms with Gasteiger partial charge < -0.3 is 10.6 Å². The summed E-state index contributed by atoms with van der Waals surface area (Å²) in [5, 5.41) is 0. The summed E-state index contributed by atoms with van der Waals surface area (Å²) < 4.78 is 25.3. The van der Waals surface area contributed by atoms with Crippen molar-refractivity contribution >= 4 is 21.6 Å². The quantitative estimate of drug-likeness (QED) is 0.882. The molecule has 3 rings (SSSR count). The van der Waals surface area contributed by atoms with E-state index in [1.165, 1.54) is 10.6 Å². The number of rotatable bonds is 3. The predicted octanol–water partition coefficient (Wildman–Crippen LogP) is 1.60. The van der Waals surface area contributed by atoms with Crippen molar-refractivity contribution < 1.29 is 13.2 Å². The first-order valence-corrected chi connectivity index (χ1v) is 10.8. The molecule has 1 atom stereocenters. The molecule has 0 radical (unpaired) electrons. The highest BCUT2D eigenvalue weighted by atomic mass is 32.2. The van der Waals surface area contributed by atoms with Gasteiger partial charge in [0.15, 0.2) is 0 Å². The highest BCUT2D eigenvalue weighted by Crippen LogP contribution is 2.30. The van der Waals surface area contributed by atoms with Crippen molar-refractivity contribution in [3.8, 4) is 0 Å². The van der Waals surface area contributed by atoms with Gasteiger partial charge in [-0.1, -0.05) is 0 Å². The zero-order valence-corrected chi connectivity index (χ0v) is 15.8. The maximum absolute atomic E-state index is 12.8. The van der Waals surface area contributed by atoms with Crippen molar-refractivity contribution in [2.45, 2.75) is 38.6 Å². The Balaban J connectivity index is 1.77. The lowest BCUT2D eigenvalue weighted by atomic mass is 9.90. The van der Waals surface area contributed by atoms with Crippen molar-refractivity contribution in [2.24, 2.45) is 11.7 Å². The van der Waals surface area contributed by atoms with Crippen LogP contribution in [0.25, 0.3) is 0 Å². The smallest absolute Gasteiger partial charge is 0.253 e. The normalized spacial score (nSPS) is 20.3. The van der Waals surface area contributed by atoms with Crippen LogP contribution < -0.4 is 10.0 Å². The van der Waals surface area contributed by atoms with E-state index in [-0.39, 0.29) is 11.9 Å². The molecule has 2 aliphatic rings. The molecule has 0 saturated carbocycles. The zero-order valence-electron chi connectivity index (χ0n) is 14.9. The molecule has 0 aliphatic carbocycles. The molecule has 7 heteroatoms. The first kappa shape index (κ1) is 18.2. The van der Waals surface area contributed by atoms with Gasteiger partial charge in [-0.2, -0.15) is 0 Å². The molecule has 1 aromatic carbocycles. The first-order chi connectivity index (χ1) is 11.8. The third-order valence-corrected chi connectivity index (χ3v) is 6.55. The number of fused-ring (bicyclic) bond motifs is 1. The van der Waals surface area contributed by atoms with Gasteiger partial charge in [0, 0.05) is 31.2 Å². The average molecular weight is 365 g/mol. The van der Waals surface area contributed by atoms with E-state index in [9.17, 15) is 13.2 Å². The minimum absolute atomic E-state index is 0.0300. The Kier molecular flexibility index (Phi) is 5.06. The number of benzene rings is 1. The third-order valence-electron chi connectivity index (χ3n) is 5.37. The summed E-state index contributed by atoms with van der Waals surface area (Å²) in [7, 11) is -3.28. The van der Waals surface area contributed by atoms with Crippen LogP contribution in [-0.4, -0.2) is 51.2 Å².